The minimum atomic E-state index is -4.76. The van der Waals surface area contributed by atoms with Crippen LogP contribution in [0.2, 0.25) is 5.02 Å². The summed E-state index contributed by atoms with van der Waals surface area (Å²) < 4.78 is 47.1. The van der Waals surface area contributed by atoms with Gasteiger partial charge in [0.25, 0.3) is 5.91 Å². The van der Waals surface area contributed by atoms with E-state index in [-0.39, 0.29) is 42.2 Å². The Hall–Kier alpha value is -3.75. The molecule has 0 spiro atoms. The zero-order valence-electron chi connectivity index (χ0n) is 26.6. The molecule has 0 radical (unpaired) electrons. The molecule has 2 aromatic carbocycles. The van der Waals surface area contributed by atoms with E-state index < -0.39 is 35.5 Å². The highest BCUT2D eigenvalue weighted by Crippen LogP contribution is 2.38. The zero-order valence-corrected chi connectivity index (χ0v) is 27.4. The number of ether oxygens (including phenoxy) is 1. The van der Waals surface area contributed by atoms with Crippen LogP contribution in [0.4, 0.5) is 34.1 Å². The van der Waals surface area contributed by atoms with Crippen LogP contribution in [0.15, 0.2) is 36.4 Å². The number of amides is 4. The number of likely N-dealkylation sites (tertiary alicyclic amines) is 2. The van der Waals surface area contributed by atoms with Crippen molar-refractivity contribution in [1.82, 2.24) is 24.9 Å². The molecule has 4 amide bonds. The lowest BCUT2D eigenvalue weighted by molar-refractivity contribution is -0.142. The van der Waals surface area contributed by atoms with E-state index in [1.807, 2.05) is 24.3 Å². The quantitative estimate of drug-likeness (QED) is 0.384. The molecule has 4 heterocycles. The Morgan fingerprint density at radius 3 is 2.29 bits per heavy atom. The van der Waals surface area contributed by atoms with Crippen LogP contribution in [0, 0.1) is 0 Å². The van der Waals surface area contributed by atoms with Crippen LogP contribution in [0.3, 0.4) is 0 Å². The third-order valence-corrected chi connectivity index (χ3v) is 10.2. The van der Waals surface area contributed by atoms with Gasteiger partial charge in [0.05, 0.1) is 16.3 Å². The SMILES string of the molecule is Nc1c(Cl)cc(C[C@@H](OC(=O)N2CCC(N3Cc4ccccc4NC3=O)CC2)C(=O)N2CCC(N3CCNCC3)CC2)cc1C(F)(F)F. The summed E-state index contributed by atoms with van der Waals surface area (Å²) >= 11 is 6.09. The van der Waals surface area contributed by atoms with Crippen LogP contribution in [0.5, 0.6) is 0 Å². The molecule has 4 aliphatic rings. The van der Waals surface area contributed by atoms with Crippen molar-refractivity contribution >= 4 is 41.0 Å². The number of fused-ring (bicyclic) bond motifs is 1. The van der Waals surface area contributed by atoms with E-state index in [0.717, 1.165) is 56.3 Å². The monoisotopic (exact) mass is 691 g/mol. The van der Waals surface area contributed by atoms with Gasteiger partial charge in [0.1, 0.15) is 0 Å². The zero-order chi connectivity index (χ0) is 34.0. The Balaban J connectivity index is 1.13. The molecule has 0 aromatic heterocycles. The van der Waals surface area contributed by atoms with Crippen LogP contribution >= 0.6 is 11.6 Å². The Morgan fingerprint density at radius 1 is 0.958 bits per heavy atom. The molecule has 48 heavy (non-hydrogen) atoms. The minimum Gasteiger partial charge on any atom is -0.436 e. The molecule has 3 fully saturated rings. The molecule has 4 N–H and O–H groups in total. The van der Waals surface area contributed by atoms with Crippen LogP contribution in [-0.2, 0) is 28.7 Å². The Labute approximate surface area is 282 Å². The summed E-state index contributed by atoms with van der Waals surface area (Å²) in [6, 6.07) is 9.78. The lowest BCUT2D eigenvalue weighted by Crippen LogP contribution is -2.54. The molecule has 6 rings (SSSR count). The van der Waals surface area contributed by atoms with Crippen molar-refractivity contribution in [2.75, 3.05) is 63.4 Å². The van der Waals surface area contributed by atoms with Gasteiger partial charge in [-0.1, -0.05) is 29.8 Å². The molecule has 11 nitrogen and oxygen atoms in total. The molecule has 0 saturated carbocycles. The van der Waals surface area contributed by atoms with E-state index in [1.54, 1.807) is 9.80 Å². The predicted octanol–water partition coefficient (Wildman–Crippen LogP) is 4.40. The van der Waals surface area contributed by atoms with Gasteiger partial charge in [-0.05, 0) is 55.0 Å². The Kier molecular flexibility index (Phi) is 10.2. The number of hydrogen-bond donors (Lipinski definition) is 3. The molecule has 0 unspecified atom stereocenters. The van der Waals surface area contributed by atoms with E-state index in [2.05, 4.69) is 15.5 Å². The summed E-state index contributed by atoms with van der Waals surface area (Å²) in [7, 11) is 0. The number of hydrogen-bond acceptors (Lipinski definition) is 7. The smallest absolute Gasteiger partial charge is 0.418 e. The lowest BCUT2D eigenvalue weighted by Gasteiger charge is -2.41. The van der Waals surface area contributed by atoms with E-state index in [4.69, 9.17) is 22.1 Å². The molecule has 15 heteroatoms. The van der Waals surface area contributed by atoms with Crippen molar-refractivity contribution in [1.29, 1.82) is 0 Å². The van der Waals surface area contributed by atoms with Crippen LogP contribution < -0.4 is 16.4 Å². The first kappa shape index (κ1) is 34.1. The van der Waals surface area contributed by atoms with Gasteiger partial charge >= 0.3 is 18.3 Å². The van der Waals surface area contributed by atoms with Crippen LogP contribution in [0.25, 0.3) is 0 Å². The average Bonchev–Trinajstić information content (AvgIpc) is 3.09. The molecule has 4 aliphatic heterocycles. The summed E-state index contributed by atoms with van der Waals surface area (Å²) in [4.78, 5) is 47.6. The maximum absolute atomic E-state index is 13.9. The summed E-state index contributed by atoms with van der Waals surface area (Å²) in [6.45, 7) is 5.64. The number of anilines is 2. The van der Waals surface area contributed by atoms with Crippen LogP contribution in [0.1, 0.15) is 42.4 Å². The fourth-order valence-corrected chi connectivity index (χ4v) is 7.44. The second-order valence-corrected chi connectivity index (χ2v) is 13.3. The number of nitrogens with zero attached hydrogens (tertiary/aromatic N) is 4. The maximum Gasteiger partial charge on any atom is 0.418 e. The highest BCUT2D eigenvalue weighted by Gasteiger charge is 2.38. The first-order valence-corrected chi connectivity index (χ1v) is 16.9. The lowest BCUT2D eigenvalue weighted by atomic mass is 9.99. The molecular weight excluding hydrogens is 651 g/mol. The third-order valence-electron chi connectivity index (χ3n) is 9.90. The highest BCUT2D eigenvalue weighted by molar-refractivity contribution is 6.33. The number of alkyl halides is 3. The number of nitrogen functional groups attached to an aromatic ring is 1. The van der Waals surface area contributed by atoms with E-state index in [1.165, 1.54) is 11.0 Å². The van der Waals surface area contributed by atoms with Gasteiger partial charge in [-0.25, -0.2) is 9.59 Å². The number of halogens is 4. The Bertz CT molecular complexity index is 1510. The molecule has 1 atom stereocenters. The number of carbonyl (C=O) groups is 3. The first-order valence-electron chi connectivity index (χ1n) is 16.5. The number of rotatable bonds is 6. The fraction of sp³-hybridized carbons (Fsp3) is 0.545. The Morgan fingerprint density at radius 2 is 1.60 bits per heavy atom. The number of piperazine rings is 1. The third kappa shape index (κ3) is 7.60. The van der Waals surface area contributed by atoms with Gasteiger partial charge in [0.15, 0.2) is 6.10 Å². The van der Waals surface area contributed by atoms with Gasteiger partial charge < -0.3 is 35.8 Å². The number of nitrogens with one attached hydrogen (secondary N) is 2. The highest BCUT2D eigenvalue weighted by atomic mass is 35.5. The van der Waals surface area contributed by atoms with Gasteiger partial charge in [-0.2, -0.15) is 13.2 Å². The molecule has 3 saturated heterocycles. The molecule has 2 aromatic rings. The van der Waals surface area contributed by atoms with Gasteiger partial charge in [-0.15, -0.1) is 0 Å². The standard InChI is InChI=1S/C33H41ClF3N7O4/c34-26-18-21(17-25(29(26)38)33(35,36)37)19-28(30(45)42-11-5-23(6-12-42)41-15-9-39-10-16-41)48-32(47)43-13-7-24(8-14-43)44-20-22-3-1-2-4-27(22)40-31(44)46/h1-4,17-18,23-24,28,39H,5-16,19-20,38H2,(H,40,46)/t28-/m1/s1. The predicted molar refractivity (Wildman–Crippen MR) is 174 cm³/mol. The topological polar surface area (TPSA) is 123 Å². The average molecular weight is 692 g/mol. The van der Waals surface area contributed by atoms with E-state index in [0.29, 0.717) is 38.5 Å². The van der Waals surface area contributed by atoms with Gasteiger partial charge in [-0.3, -0.25) is 9.69 Å². The van der Waals surface area contributed by atoms with Crippen molar-refractivity contribution in [3.8, 4) is 0 Å². The normalized spacial score (nSPS) is 20.7. The second-order valence-electron chi connectivity index (χ2n) is 12.9. The molecular formula is C33H41ClF3N7O4. The van der Waals surface area contributed by atoms with Crippen molar-refractivity contribution in [3.05, 3.63) is 58.1 Å². The summed E-state index contributed by atoms with van der Waals surface area (Å²) in [5, 5.41) is 5.97. The number of benzene rings is 2. The summed E-state index contributed by atoms with van der Waals surface area (Å²) in [6.07, 6.45) is -4.64. The van der Waals surface area contributed by atoms with Crippen LogP contribution in [-0.4, -0.2) is 108 Å². The molecule has 0 bridgehead atoms. The molecule has 0 aliphatic carbocycles. The number of urea groups is 1. The second kappa shape index (κ2) is 14.4. The minimum absolute atomic E-state index is 0.0819. The summed E-state index contributed by atoms with van der Waals surface area (Å²) in [5.74, 6) is -0.456. The number of para-hydroxylation sites is 1. The number of piperidine rings is 2. The molecule has 260 valence electrons. The van der Waals surface area contributed by atoms with Crippen molar-refractivity contribution in [3.63, 3.8) is 0 Å². The number of carbonyl (C=O) groups excluding carboxylic acids is 3. The van der Waals surface area contributed by atoms with Gasteiger partial charge in [0.2, 0.25) is 0 Å². The van der Waals surface area contributed by atoms with Crippen molar-refractivity contribution < 1.29 is 32.3 Å². The maximum atomic E-state index is 13.9. The number of nitrogens with two attached hydrogens (primary N) is 1. The van der Waals surface area contributed by atoms with Crippen molar-refractivity contribution in [2.45, 2.75) is 63.0 Å². The van der Waals surface area contributed by atoms with E-state index >= 15 is 0 Å². The fourth-order valence-electron chi connectivity index (χ4n) is 7.20. The van der Waals surface area contributed by atoms with Gasteiger partial charge in [0, 0.05) is 83.1 Å². The van der Waals surface area contributed by atoms with Crippen molar-refractivity contribution in [2.24, 2.45) is 0 Å². The van der Waals surface area contributed by atoms with E-state index in [9.17, 15) is 27.6 Å². The first-order chi connectivity index (χ1) is 23.0. The largest absolute Gasteiger partial charge is 0.436 e. The summed E-state index contributed by atoms with van der Waals surface area (Å²) in [5.41, 5.74) is 5.81.